The first kappa shape index (κ1) is 21.5. The Morgan fingerprint density at radius 3 is 2.77 bits per heavy atom. The smallest absolute Gasteiger partial charge is 0.251 e. The van der Waals surface area contributed by atoms with Crippen molar-refractivity contribution in [2.24, 2.45) is 4.99 Å². The minimum atomic E-state index is -0.128. The number of hydrogen-bond donors (Lipinski definition) is 3. The first-order valence-electron chi connectivity index (χ1n) is 10.5. The summed E-state index contributed by atoms with van der Waals surface area (Å²) < 4.78 is 5.17. The highest BCUT2D eigenvalue weighted by Gasteiger charge is 2.23. The summed E-state index contributed by atoms with van der Waals surface area (Å²) in [6.07, 6.45) is 1.06. The lowest BCUT2D eigenvalue weighted by Gasteiger charge is -2.20. The monoisotopic (exact) mass is 409 g/mol. The molecule has 0 bridgehead atoms. The van der Waals surface area contributed by atoms with E-state index in [2.05, 4.69) is 50.1 Å². The lowest BCUT2D eigenvalue weighted by molar-refractivity contribution is 0.0954. The van der Waals surface area contributed by atoms with E-state index >= 15 is 0 Å². The number of nitrogens with one attached hydrogen (secondary N) is 3. The van der Waals surface area contributed by atoms with Crippen LogP contribution in [0.15, 0.2) is 59.6 Å². The van der Waals surface area contributed by atoms with Crippen molar-refractivity contribution >= 4 is 17.6 Å². The Hall–Kier alpha value is -3.22. The molecule has 1 saturated heterocycles. The quantitative estimate of drug-likeness (QED) is 0.354. The van der Waals surface area contributed by atoms with Gasteiger partial charge in [-0.3, -0.25) is 9.79 Å². The molecule has 1 amide bonds. The Morgan fingerprint density at radius 1 is 1.17 bits per heavy atom. The number of hydrogen-bond acceptors (Lipinski definition) is 4. The van der Waals surface area contributed by atoms with Crippen LogP contribution in [0.1, 0.15) is 23.7 Å². The maximum Gasteiger partial charge on any atom is 0.251 e. The van der Waals surface area contributed by atoms with E-state index in [1.54, 1.807) is 25.3 Å². The van der Waals surface area contributed by atoms with E-state index in [1.165, 1.54) is 5.69 Å². The van der Waals surface area contributed by atoms with E-state index in [9.17, 15) is 4.79 Å². The first-order valence-corrected chi connectivity index (χ1v) is 10.5. The van der Waals surface area contributed by atoms with Crippen molar-refractivity contribution < 1.29 is 9.53 Å². The van der Waals surface area contributed by atoms with Gasteiger partial charge in [0, 0.05) is 43.5 Å². The fourth-order valence-corrected chi connectivity index (χ4v) is 3.47. The van der Waals surface area contributed by atoms with Crippen molar-refractivity contribution in [2.45, 2.75) is 19.4 Å². The second-order valence-electron chi connectivity index (χ2n) is 7.16. The molecule has 0 spiro atoms. The molecule has 1 atom stereocenters. The van der Waals surface area contributed by atoms with Gasteiger partial charge >= 0.3 is 0 Å². The maximum atomic E-state index is 12.3. The summed E-state index contributed by atoms with van der Waals surface area (Å²) in [5.74, 6) is 1.32. The highest BCUT2D eigenvalue weighted by atomic mass is 16.5. The van der Waals surface area contributed by atoms with Crippen molar-refractivity contribution in [2.75, 3.05) is 44.7 Å². The van der Waals surface area contributed by atoms with Crippen molar-refractivity contribution in [1.82, 2.24) is 16.0 Å². The van der Waals surface area contributed by atoms with Crippen LogP contribution < -0.4 is 25.6 Å². The molecule has 7 heteroatoms. The Kier molecular flexibility index (Phi) is 7.94. The van der Waals surface area contributed by atoms with Gasteiger partial charge in [0.25, 0.3) is 5.91 Å². The Bertz CT molecular complexity index is 840. The predicted molar refractivity (Wildman–Crippen MR) is 122 cm³/mol. The van der Waals surface area contributed by atoms with Crippen molar-refractivity contribution in [3.8, 4) is 5.75 Å². The summed E-state index contributed by atoms with van der Waals surface area (Å²) in [7, 11) is 1.59. The number of anilines is 1. The number of methoxy groups -OCH3 is 1. The van der Waals surface area contributed by atoms with Gasteiger partial charge in [0.1, 0.15) is 5.75 Å². The molecule has 160 valence electrons. The fourth-order valence-electron chi connectivity index (χ4n) is 3.47. The van der Waals surface area contributed by atoms with E-state index in [4.69, 9.17) is 4.74 Å². The molecule has 3 rings (SSSR count). The normalized spacial score (nSPS) is 16.3. The number of carbonyl (C=O) groups is 1. The number of amides is 1. The van der Waals surface area contributed by atoms with Gasteiger partial charge in [-0.05, 0) is 43.7 Å². The summed E-state index contributed by atoms with van der Waals surface area (Å²) in [6.45, 7) is 5.77. The van der Waals surface area contributed by atoms with Gasteiger partial charge in [-0.15, -0.1) is 0 Å². The van der Waals surface area contributed by atoms with Gasteiger partial charge in [-0.2, -0.15) is 0 Å². The zero-order chi connectivity index (χ0) is 21.2. The number of rotatable bonds is 8. The molecule has 3 N–H and O–H groups in total. The number of guanidine groups is 1. The Labute approximate surface area is 178 Å². The van der Waals surface area contributed by atoms with Crippen LogP contribution in [0.25, 0.3) is 0 Å². The SMILES string of the molecule is CCNC(=NCCNC(=O)c1cccc(OC)c1)NC1CCN(c2ccccc2)C1. The average molecular weight is 410 g/mol. The third kappa shape index (κ3) is 6.14. The number of nitrogens with zero attached hydrogens (tertiary/aromatic N) is 2. The van der Waals surface area contributed by atoms with Crippen molar-refractivity contribution in [3.05, 3.63) is 60.2 Å². The molecule has 2 aromatic carbocycles. The van der Waals surface area contributed by atoms with Crippen molar-refractivity contribution in [1.29, 1.82) is 0 Å². The fraction of sp³-hybridized carbons (Fsp3) is 0.391. The van der Waals surface area contributed by atoms with Gasteiger partial charge < -0.3 is 25.6 Å². The van der Waals surface area contributed by atoms with E-state index in [0.717, 1.165) is 32.0 Å². The van der Waals surface area contributed by atoms with E-state index in [0.29, 0.717) is 30.4 Å². The Balaban J connectivity index is 1.47. The van der Waals surface area contributed by atoms with Crippen LogP contribution in [0.4, 0.5) is 5.69 Å². The molecule has 0 saturated carbocycles. The molecule has 2 aromatic rings. The Morgan fingerprint density at radius 2 is 2.00 bits per heavy atom. The topological polar surface area (TPSA) is 78.0 Å². The first-order chi connectivity index (χ1) is 14.7. The second kappa shape index (κ2) is 11.1. The maximum absolute atomic E-state index is 12.3. The summed E-state index contributed by atoms with van der Waals surface area (Å²) >= 11 is 0. The second-order valence-corrected chi connectivity index (χ2v) is 7.16. The largest absolute Gasteiger partial charge is 0.497 e. The summed E-state index contributed by atoms with van der Waals surface area (Å²) in [5.41, 5.74) is 1.83. The van der Waals surface area contributed by atoms with Gasteiger partial charge in [-0.25, -0.2) is 0 Å². The van der Waals surface area contributed by atoms with Gasteiger partial charge in [0.2, 0.25) is 0 Å². The highest BCUT2D eigenvalue weighted by molar-refractivity contribution is 5.94. The van der Waals surface area contributed by atoms with Crippen LogP contribution >= 0.6 is 0 Å². The highest BCUT2D eigenvalue weighted by Crippen LogP contribution is 2.19. The van der Waals surface area contributed by atoms with Gasteiger partial charge in [-0.1, -0.05) is 24.3 Å². The minimum absolute atomic E-state index is 0.128. The number of carbonyl (C=O) groups excluding carboxylic acids is 1. The zero-order valence-corrected chi connectivity index (χ0v) is 17.7. The standard InChI is InChI=1S/C23H31N5O2/c1-3-24-23(27-19-12-15-28(17-19)20-9-5-4-6-10-20)26-14-13-25-22(29)18-8-7-11-21(16-18)30-2/h4-11,16,19H,3,12-15,17H2,1-2H3,(H,25,29)(H2,24,26,27). The third-order valence-electron chi connectivity index (χ3n) is 4.99. The zero-order valence-electron chi connectivity index (χ0n) is 17.7. The molecule has 1 aliphatic rings. The summed E-state index contributed by atoms with van der Waals surface area (Å²) in [5, 5.41) is 9.71. The molecule has 1 aliphatic heterocycles. The number of para-hydroxylation sites is 1. The molecule has 7 nitrogen and oxygen atoms in total. The van der Waals surface area contributed by atoms with Crippen LogP contribution in [0.5, 0.6) is 5.75 Å². The molecule has 1 heterocycles. The molecule has 1 unspecified atom stereocenters. The molecule has 0 radical (unpaired) electrons. The number of benzene rings is 2. The predicted octanol–water partition coefficient (Wildman–Crippen LogP) is 2.26. The molecular weight excluding hydrogens is 378 g/mol. The molecule has 0 aromatic heterocycles. The molecule has 0 aliphatic carbocycles. The van der Waals surface area contributed by atoms with Crippen LogP contribution in [0.3, 0.4) is 0 Å². The van der Waals surface area contributed by atoms with E-state index in [-0.39, 0.29) is 5.91 Å². The van der Waals surface area contributed by atoms with Gasteiger partial charge in [0.05, 0.1) is 13.7 Å². The summed E-state index contributed by atoms with van der Waals surface area (Å²) in [6, 6.07) is 17.9. The molecule has 1 fully saturated rings. The van der Waals surface area contributed by atoms with Crippen LogP contribution in [0.2, 0.25) is 0 Å². The average Bonchev–Trinajstić information content (AvgIpc) is 3.26. The molecular formula is C23H31N5O2. The van der Waals surface area contributed by atoms with Crippen LogP contribution in [-0.4, -0.2) is 57.7 Å². The number of aliphatic imine (C=N–C) groups is 1. The van der Waals surface area contributed by atoms with Crippen LogP contribution in [0, 0.1) is 0 Å². The van der Waals surface area contributed by atoms with E-state index in [1.807, 2.05) is 19.1 Å². The van der Waals surface area contributed by atoms with Gasteiger partial charge in [0.15, 0.2) is 5.96 Å². The summed E-state index contributed by atoms with van der Waals surface area (Å²) in [4.78, 5) is 19.3. The minimum Gasteiger partial charge on any atom is -0.497 e. The lowest BCUT2D eigenvalue weighted by Crippen LogP contribution is -2.45. The molecule has 30 heavy (non-hydrogen) atoms. The third-order valence-corrected chi connectivity index (χ3v) is 4.99. The van der Waals surface area contributed by atoms with E-state index < -0.39 is 0 Å². The number of ether oxygens (including phenoxy) is 1. The lowest BCUT2D eigenvalue weighted by atomic mass is 10.2. The van der Waals surface area contributed by atoms with Crippen LogP contribution in [-0.2, 0) is 0 Å². The van der Waals surface area contributed by atoms with Crippen molar-refractivity contribution in [3.63, 3.8) is 0 Å².